The number of nitrogens with one attached hydrogen (secondary N) is 2. The van der Waals surface area contributed by atoms with Gasteiger partial charge in [-0.1, -0.05) is 23.7 Å². The van der Waals surface area contributed by atoms with E-state index in [2.05, 4.69) is 40.8 Å². The molecule has 1 aliphatic rings. The summed E-state index contributed by atoms with van der Waals surface area (Å²) in [5.74, 6) is -1.07. The molecule has 160 valence electrons. The van der Waals surface area contributed by atoms with E-state index in [1.54, 1.807) is 12.1 Å². The molecule has 8 heteroatoms. The zero-order valence-corrected chi connectivity index (χ0v) is 18.4. The normalized spacial score (nSPS) is 13.7. The smallest absolute Gasteiger partial charge is 0.313 e. The molecule has 0 radical (unpaired) electrons. The molecule has 0 saturated heterocycles. The van der Waals surface area contributed by atoms with Gasteiger partial charge >= 0.3 is 11.8 Å². The number of ether oxygens (including phenoxy) is 1. The van der Waals surface area contributed by atoms with Gasteiger partial charge in [-0.25, -0.2) is 0 Å². The van der Waals surface area contributed by atoms with Crippen LogP contribution < -0.4 is 20.3 Å². The van der Waals surface area contributed by atoms with Crippen molar-refractivity contribution in [1.29, 1.82) is 0 Å². The van der Waals surface area contributed by atoms with Crippen molar-refractivity contribution >= 4 is 34.8 Å². The van der Waals surface area contributed by atoms with Crippen LogP contribution in [0, 0.1) is 0 Å². The molecular weight excluding hydrogens is 404 g/mol. The molecule has 2 aromatic carbocycles. The molecule has 0 fully saturated rings. The van der Waals surface area contributed by atoms with Gasteiger partial charge in [-0.3, -0.25) is 9.59 Å². The van der Waals surface area contributed by atoms with Crippen LogP contribution in [0.25, 0.3) is 0 Å². The summed E-state index contributed by atoms with van der Waals surface area (Å²) in [7, 11) is 7.47. The molecule has 30 heavy (non-hydrogen) atoms. The lowest BCUT2D eigenvalue weighted by Crippen LogP contribution is -2.40. The summed E-state index contributed by atoms with van der Waals surface area (Å²) in [6.07, 6.45) is 1.01. The topological polar surface area (TPSA) is 73.9 Å². The van der Waals surface area contributed by atoms with Crippen LogP contribution in [-0.2, 0) is 16.0 Å². The lowest BCUT2D eigenvalue weighted by Gasteiger charge is -2.26. The number of hydrogen-bond donors (Lipinski definition) is 2. The highest BCUT2D eigenvalue weighted by atomic mass is 35.5. The van der Waals surface area contributed by atoms with Crippen molar-refractivity contribution in [3.05, 3.63) is 52.5 Å². The molecule has 2 N–H and O–H groups in total. The fourth-order valence-electron chi connectivity index (χ4n) is 3.62. The highest BCUT2D eigenvalue weighted by Crippen LogP contribution is 2.30. The highest BCUT2D eigenvalue weighted by molar-refractivity contribution is 6.40. The number of benzene rings is 2. The van der Waals surface area contributed by atoms with Crippen molar-refractivity contribution in [3.8, 4) is 5.75 Å². The Morgan fingerprint density at radius 3 is 2.67 bits per heavy atom. The van der Waals surface area contributed by atoms with Gasteiger partial charge in [0, 0.05) is 30.8 Å². The van der Waals surface area contributed by atoms with Gasteiger partial charge in [-0.2, -0.15) is 0 Å². The SMILES string of the molecule is COc1ccc(Cl)cc1NC(=O)C(=O)NCC(c1ccc2c(c1)CCN2C)N(C)C. The Hall–Kier alpha value is -2.77. The zero-order chi connectivity index (χ0) is 21.8. The summed E-state index contributed by atoms with van der Waals surface area (Å²) in [5, 5.41) is 5.72. The fourth-order valence-corrected chi connectivity index (χ4v) is 3.79. The number of amides is 2. The van der Waals surface area contributed by atoms with Gasteiger partial charge in [0.15, 0.2) is 0 Å². The first kappa shape index (κ1) is 21.9. The van der Waals surface area contributed by atoms with Crippen LogP contribution in [-0.4, -0.2) is 58.1 Å². The number of carbonyl (C=O) groups is 2. The number of halogens is 1. The monoisotopic (exact) mass is 430 g/mol. The number of likely N-dealkylation sites (N-methyl/N-ethyl adjacent to an activating group) is 2. The van der Waals surface area contributed by atoms with Crippen LogP contribution >= 0.6 is 11.6 Å². The Morgan fingerprint density at radius 1 is 1.20 bits per heavy atom. The molecule has 1 unspecified atom stereocenters. The van der Waals surface area contributed by atoms with Gasteiger partial charge < -0.3 is 25.2 Å². The van der Waals surface area contributed by atoms with Crippen molar-refractivity contribution in [2.24, 2.45) is 0 Å². The molecule has 0 aromatic heterocycles. The third-order valence-electron chi connectivity index (χ3n) is 5.31. The summed E-state index contributed by atoms with van der Waals surface area (Å²) in [6, 6.07) is 11.1. The Bertz CT molecular complexity index is 948. The lowest BCUT2D eigenvalue weighted by atomic mass is 10.0. The van der Waals surface area contributed by atoms with Crippen LogP contribution in [0.5, 0.6) is 5.75 Å². The van der Waals surface area contributed by atoms with Crippen LogP contribution in [0.1, 0.15) is 17.2 Å². The average Bonchev–Trinajstić information content (AvgIpc) is 3.08. The van der Waals surface area contributed by atoms with Crippen molar-refractivity contribution in [2.75, 3.05) is 51.6 Å². The van der Waals surface area contributed by atoms with Crippen molar-refractivity contribution in [3.63, 3.8) is 0 Å². The maximum absolute atomic E-state index is 12.4. The second-order valence-electron chi connectivity index (χ2n) is 7.55. The van der Waals surface area contributed by atoms with E-state index in [0.29, 0.717) is 23.0 Å². The van der Waals surface area contributed by atoms with Gasteiger partial charge in [-0.15, -0.1) is 0 Å². The molecule has 2 aromatic rings. The minimum atomic E-state index is -0.774. The summed E-state index contributed by atoms with van der Waals surface area (Å²) >= 11 is 5.98. The maximum Gasteiger partial charge on any atom is 0.313 e. The summed E-state index contributed by atoms with van der Waals surface area (Å²) < 4.78 is 5.20. The molecule has 1 aliphatic heterocycles. The van der Waals surface area contributed by atoms with Gasteiger partial charge in [0.1, 0.15) is 5.75 Å². The Labute approximate surface area is 181 Å². The lowest BCUT2D eigenvalue weighted by molar-refractivity contribution is -0.136. The molecule has 1 heterocycles. The third-order valence-corrected chi connectivity index (χ3v) is 5.55. The number of fused-ring (bicyclic) bond motifs is 1. The van der Waals surface area contributed by atoms with E-state index < -0.39 is 11.8 Å². The first-order valence-corrected chi connectivity index (χ1v) is 10.1. The predicted octanol–water partition coefficient (Wildman–Crippen LogP) is 2.70. The molecular formula is C22H27ClN4O3. The van der Waals surface area contributed by atoms with Gasteiger partial charge in [0.2, 0.25) is 0 Å². The molecule has 7 nitrogen and oxygen atoms in total. The van der Waals surface area contributed by atoms with E-state index in [9.17, 15) is 9.59 Å². The number of methoxy groups -OCH3 is 1. The van der Waals surface area contributed by atoms with Crippen molar-refractivity contribution < 1.29 is 14.3 Å². The first-order valence-electron chi connectivity index (χ1n) is 9.73. The second kappa shape index (κ2) is 9.36. The van der Waals surface area contributed by atoms with E-state index in [1.165, 1.54) is 24.4 Å². The Kier molecular flexibility index (Phi) is 6.84. The minimum absolute atomic E-state index is 0.0568. The van der Waals surface area contributed by atoms with E-state index >= 15 is 0 Å². The number of carbonyl (C=O) groups excluding carboxylic acids is 2. The first-order chi connectivity index (χ1) is 14.3. The van der Waals surface area contributed by atoms with Gasteiger partial charge in [-0.05, 0) is 55.9 Å². The maximum atomic E-state index is 12.4. The van der Waals surface area contributed by atoms with Gasteiger partial charge in [0.05, 0.1) is 18.8 Å². The van der Waals surface area contributed by atoms with Crippen LogP contribution in [0.3, 0.4) is 0 Å². The molecule has 0 aliphatic carbocycles. The highest BCUT2D eigenvalue weighted by Gasteiger charge is 2.22. The van der Waals surface area contributed by atoms with Crippen LogP contribution in [0.15, 0.2) is 36.4 Å². The standard InChI is InChI=1S/C22H27ClN4O3/c1-26(2)19(14-5-7-18-15(11-14)9-10-27(18)3)13-24-21(28)22(29)25-17-12-16(23)6-8-20(17)30-4/h5-8,11-12,19H,9-10,13H2,1-4H3,(H,24,28)(H,25,29). The zero-order valence-electron chi connectivity index (χ0n) is 17.7. The van der Waals surface area contributed by atoms with E-state index in [4.69, 9.17) is 16.3 Å². The number of anilines is 2. The van der Waals surface area contributed by atoms with Gasteiger partial charge in [0.25, 0.3) is 0 Å². The fraction of sp³-hybridized carbons (Fsp3) is 0.364. The van der Waals surface area contributed by atoms with Crippen LogP contribution in [0.2, 0.25) is 5.02 Å². The van der Waals surface area contributed by atoms with E-state index in [1.807, 2.05) is 19.0 Å². The van der Waals surface area contributed by atoms with E-state index in [0.717, 1.165) is 18.5 Å². The largest absolute Gasteiger partial charge is 0.495 e. The quantitative estimate of drug-likeness (QED) is 0.689. The van der Waals surface area contributed by atoms with E-state index in [-0.39, 0.29) is 6.04 Å². The van der Waals surface area contributed by atoms with Crippen LogP contribution in [0.4, 0.5) is 11.4 Å². The number of nitrogens with zero attached hydrogens (tertiary/aromatic N) is 2. The van der Waals surface area contributed by atoms with Crippen molar-refractivity contribution in [2.45, 2.75) is 12.5 Å². The molecule has 0 saturated carbocycles. The van der Waals surface area contributed by atoms with Crippen molar-refractivity contribution in [1.82, 2.24) is 10.2 Å². The molecule has 1 atom stereocenters. The molecule has 3 rings (SSSR count). The Morgan fingerprint density at radius 2 is 1.97 bits per heavy atom. The molecule has 0 spiro atoms. The predicted molar refractivity (Wildman–Crippen MR) is 119 cm³/mol. The molecule has 2 amide bonds. The second-order valence-corrected chi connectivity index (χ2v) is 7.98. The number of hydrogen-bond acceptors (Lipinski definition) is 5. The summed E-state index contributed by atoms with van der Waals surface area (Å²) in [4.78, 5) is 29.0. The minimum Gasteiger partial charge on any atom is -0.495 e. The average molecular weight is 431 g/mol. The third kappa shape index (κ3) is 4.86. The summed E-state index contributed by atoms with van der Waals surface area (Å²) in [6.45, 7) is 1.32. The molecule has 0 bridgehead atoms. The number of rotatable bonds is 6. The summed E-state index contributed by atoms with van der Waals surface area (Å²) in [5.41, 5.74) is 4.00. The Balaban J connectivity index is 1.66.